The van der Waals surface area contributed by atoms with Gasteiger partial charge in [0.1, 0.15) is 0 Å². The standard InChI is InChI=1S/C15H30N2/c1-7-11-9-16-12(14(2,3)4)10-17(11)13-8-15(13,5)6/h11-13,16H,7-10H2,1-6H3. The van der Waals surface area contributed by atoms with Crippen molar-refractivity contribution in [3.05, 3.63) is 0 Å². The molecule has 1 N–H and O–H groups in total. The second-order valence-corrected chi connectivity index (χ2v) is 7.79. The number of nitrogens with one attached hydrogen (secondary N) is 1. The van der Waals surface area contributed by atoms with Crippen molar-refractivity contribution in [1.82, 2.24) is 10.2 Å². The van der Waals surface area contributed by atoms with Gasteiger partial charge in [0.15, 0.2) is 0 Å². The summed E-state index contributed by atoms with van der Waals surface area (Å²) in [5.74, 6) is 0. The van der Waals surface area contributed by atoms with Gasteiger partial charge in [0.2, 0.25) is 0 Å². The van der Waals surface area contributed by atoms with Gasteiger partial charge in [0, 0.05) is 31.2 Å². The van der Waals surface area contributed by atoms with Crippen molar-refractivity contribution < 1.29 is 0 Å². The van der Waals surface area contributed by atoms with E-state index in [1.807, 2.05) is 0 Å². The molecular weight excluding hydrogens is 208 g/mol. The van der Waals surface area contributed by atoms with Gasteiger partial charge in [-0.1, -0.05) is 41.5 Å². The zero-order chi connectivity index (χ0) is 12.8. The molecule has 0 aromatic carbocycles. The molecule has 17 heavy (non-hydrogen) atoms. The summed E-state index contributed by atoms with van der Waals surface area (Å²) < 4.78 is 0. The van der Waals surface area contributed by atoms with Crippen LogP contribution >= 0.6 is 0 Å². The van der Waals surface area contributed by atoms with E-state index in [1.165, 1.54) is 25.9 Å². The normalized spacial score (nSPS) is 38.1. The van der Waals surface area contributed by atoms with Crippen molar-refractivity contribution in [3.63, 3.8) is 0 Å². The van der Waals surface area contributed by atoms with Gasteiger partial charge in [-0.25, -0.2) is 0 Å². The van der Waals surface area contributed by atoms with Crippen LogP contribution in [0, 0.1) is 10.8 Å². The lowest BCUT2D eigenvalue weighted by Crippen LogP contribution is -2.61. The summed E-state index contributed by atoms with van der Waals surface area (Å²) in [6.45, 7) is 16.6. The van der Waals surface area contributed by atoms with Crippen molar-refractivity contribution in [2.24, 2.45) is 10.8 Å². The molecule has 0 aromatic rings. The van der Waals surface area contributed by atoms with Crippen molar-refractivity contribution in [2.45, 2.75) is 72.5 Å². The van der Waals surface area contributed by atoms with Crippen LogP contribution in [0.5, 0.6) is 0 Å². The van der Waals surface area contributed by atoms with E-state index in [2.05, 4.69) is 51.8 Å². The fourth-order valence-corrected chi connectivity index (χ4v) is 3.17. The fraction of sp³-hybridized carbons (Fsp3) is 1.00. The maximum Gasteiger partial charge on any atom is 0.0244 e. The molecule has 0 amide bonds. The molecule has 3 atom stereocenters. The van der Waals surface area contributed by atoms with Crippen LogP contribution in [0.1, 0.15) is 54.4 Å². The summed E-state index contributed by atoms with van der Waals surface area (Å²) in [7, 11) is 0. The number of piperazine rings is 1. The summed E-state index contributed by atoms with van der Waals surface area (Å²) in [6, 6.07) is 2.22. The van der Waals surface area contributed by atoms with E-state index in [4.69, 9.17) is 0 Å². The number of hydrogen-bond acceptors (Lipinski definition) is 2. The zero-order valence-electron chi connectivity index (χ0n) is 12.5. The highest BCUT2D eigenvalue weighted by Gasteiger charge is 2.52. The Labute approximate surface area is 107 Å². The molecule has 0 radical (unpaired) electrons. The fourth-order valence-electron chi connectivity index (χ4n) is 3.17. The highest BCUT2D eigenvalue weighted by molar-refractivity contribution is 5.07. The molecule has 2 heteroatoms. The highest BCUT2D eigenvalue weighted by atomic mass is 15.3. The van der Waals surface area contributed by atoms with Crippen LogP contribution in [-0.4, -0.2) is 36.1 Å². The van der Waals surface area contributed by atoms with E-state index in [-0.39, 0.29) is 0 Å². The molecule has 2 rings (SSSR count). The molecule has 0 aromatic heterocycles. The Bertz CT molecular complexity index is 275. The smallest absolute Gasteiger partial charge is 0.0244 e. The Morgan fingerprint density at radius 2 is 1.88 bits per heavy atom. The number of rotatable bonds is 2. The lowest BCUT2D eigenvalue weighted by Gasteiger charge is -2.45. The van der Waals surface area contributed by atoms with E-state index in [1.54, 1.807) is 0 Å². The molecule has 2 fully saturated rings. The van der Waals surface area contributed by atoms with Gasteiger partial charge in [-0.15, -0.1) is 0 Å². The van der Waals surface area contributed by atoms with Gasteiger partial charge >= 0.3 is 0 Å². The molecule has 0 bridgehead atoms. The van der Waals surface area contributed by atoms with E-state index in [0.717, 1.165) is 12.1 Å². The Kier molecular flexibility index (Phi) is 3.33. The number of nitrogens with zero attached hydrogens (tertiary/aromatic N) is 1. The SMILES string of the molecule is CCC1CNC(C(C)(C)C)CN1C1CC1(C)C. The van der Waals surface area contributed by atoms with Crippen molar-refractivity contribution in [2.75, 3.05) is 13.1 Å². The zero-order valence-corrected chi connectivity index (χ0v) is 12.5. The third-order valence-electron chi connectivity index (χ3n) is 4.84. The van der Waals surface area contributed by atoms with Gasteiger partial charge in [-0.3, -0.25) is 4.90 Å². The van der Waals surface area contributed by atoms with Gasteiger partial charge < -0.3 is 5.32 Å². The van der Waals surface area contributed by atoms with Gasteiger partial charge in [-0.05, 0) is 23.7 Å². The Morgan fingerprint density at radius 1 is 1.29 bits per heavy atom. The second-order valence-electron chi connectivity index (χ2n) is 7.79. The van der Waals surface area contributed by atoms with Crippen LogP contribution < -0.4 is 5.32 Å². The maximum absolute atomic E-state index is 3.76. The molecule has 0 spiro atoms. The molecule has 3 unspecified atom stereocenters. The van der Waals surface area contributed by atoms with E-state index < -0.39 is 0 Å². The second kappa shape index (κ2) is 4.24. The maximum atomic E-state index is 3.76. The lowest BCUT2D eigenvalue weighted by atomic mass is 9.84. The van der Waals surface area contributed by atoms with Crippen molar-refractivity contribution in [1.29, 1.82) is 0 Å². The average molecular weight is 238 g/mol. The third-order valence-corrected chi connectivity index (χ3v) is 4.84. The summed E-state index contributed by atoms with van der Waals surface area (Å²) in [6.07, 6.45) is 2.66. The summed E-state index contributed by atoms with van der Waals surface area (Å²) in [5, 5.41) is 3.76. The van der Waals surface area contributed by atoms with Crippen molar-refractivity contribution >= 4 is 0 Å². The van der Waals surface area contributed by atoms with Crippen LogP contribution in [0.15, 0.2) is 0 Å². The summed E-state index contributed by atoms with van der Waals surface area (Å²) in [4.78, 5) is 2.80. The topological polar surface area (TPSA) is 15.3 Å². The lowest BCUT2D eigenvalue weighted by molar-refractivity contribution is 0.0676. The van der Waals surface area contributed by atoms with Crippen LogP contribution in [0.4, 0.5) is 0 Å². The average Bonchev–Trinajstić information content (AvgIpc) is 2.85. The molecule has 2 aliphatic rings. The van der Waals surface area contributed by atoms with E-state index >= 15 is 0 Å². The van der Waals surface area contributed by atoms with Gasteiger partial charge in [-0.2, -0.15) is 0 Å². The molecule has 1 saturated heterocycles. The van der Waals surface area contributed by atoms with E-state index in [0.29, 0.717) is 16.9 Å². The first-order chi connectivity index (χ1) is 7.75. The predicted molar refractivity (Wildman–Crippen MR) is 74.2 cm³/mol. The Hall–Kier alpha value is -0.0800. The first-order valence-electron chi connectivity index (χ1n) is 7.25. The first kappa shape index (κ1) is 13.4. The van der Waals surface area contributed by atoms with Crippen LogP contribution in [-0.2, 0) is 0 Å². The molecule has 1 aliphatic carbocycles. The Morgan fingerprint density at radius 3 is 2.29 bits per heavy atom. The molecule has 1 aliphatic heterocycles. The molecular formula is C15H30N2. The quantitative estimate of drug-likeness (QED) is 0.796. The van der Waals surface area contributed by atoms with Gasteiger partial charge in [0.25, 0.3) is 0 Å². The van der Waals surface area contributed by atoms with Gasteiger partial charge in [0.05, 0.1) is 0 Å². The van der Waals surface area contributed by atoms with Crippen LogP contribution in [0.2, 0.25) is 0 Å². The summed E-state index contributed by atoms with van der Waals surface area (Å²) >= 11 is 0. The van der Waals surface area contributed by atoms with Crippen molar-refractivity contribution in [3.8, 4) is 0 Å². The molecule has 1 heterocycles. The Balaban J connectivity index is 2.05. The van der Waals surface area contributed by atoms with Crippen LogP contribution in [0.3, 0.4) is 0 Å². The predicted octanol–water partition coefficient (Wildman–Crippen LogP) is 2.88. The minimum atomic E-state index is 0.371. The summed E-state index contributed by atoms with van der Waals surface area (Å²) in [5.41, 5.74) is 0.934. The molecule has 2 nitrogen and oxygen atoms in total. The molecule has 100 valence electrons. The number of hydrogen-bond donors (Lipinski definition) is 1. The highest BCUT2D eigenvalue weighted by Crippen LogP contribution is 2.50. The van der Waals surface area contributed by atoms with Crippen LogP contribution in [0.25, 0.3) is 0 Å². The first-order valence-corrected chi connectivity index (χ1v) is 7.25. The minimum absolute atomic E-state index is 0.371. The largest absolute Gasteiger partial charge is 0.311 e. The third kappa shape index (κ3) is 2.68. The molecule has 1 saturated carbocycles. The van der Waals surface area contributed by atoms with E-state index in [9.17, 15) is 0 Å². The monoisotopic (exact) mass is 238 g/mol. The minimum Gasteiger partial charge on any atom is -0.311 e.